The first kappa shape index (κ1) is 24.3. The van der Waals surface area contributed by atoms with Crippen LogP contribution in [-0.4, -0.2) is 72.4 Å². The maximum Gasteiger partial charge on any atom is 0.256 e. The molecule has 182 valence electrons. The van der Waals surface area contributed by atoms with Gasteiger partial charge in [0.2, 0.25) is 12.7 Å². The van der Waals surface area contributed by atoms with Crippen LogP contribution in [-0.2, 0) is 4.79 Å². The smallest absolute Gasteiger partial charge is 0.256 e. The zero-order chi connectivity index (χ0) is 23.9. The van der Waals surface area contributed by atoms with Gasteiger partial charge in [0, 0.05) is 44.1 Å². The number of benzene rings is 1. The van der Waals surface area contributed by atoms with Crippen molar-refractivity contribution in [2.45, 2.75) is 43.2 Å². The molecule has 0 unspecified atom stereocenters. The van der Waals surface area contributed by atoms with Crippen LogP contribution in [0.25, 0.3) is 0 Å². The maximum absolute atomic E-state index is 13.1. The molecule has 1 saturated carbocycles. The van der Waals surface area contributed by atoms with Crippen LogP contribution < -0.4 is 14.8 Å². The standard InChI is InChI=1S/C25H32N4O4S/c1-28(19-7-4-3-5-8-19)13-14-29(2)25(31)20-9-6-12-26-24(20)34-16-23(30)27-18-10-11-21-22(15-18)33-17-32-21/h6,9-12,15,19H,3-5,7-8,13-14,16-17H2,1-2H3,(H,27,30). The first-order valence-corrected chi connectivity index (χ1v) is 12.7. The van der Waals surface area contributed by atoms with E-state index in [4.69, 9.17) is 9.47 Å². The monoisotopic (exact) mass is 484 g/mol. The van der Waals surface area contributed by atoms with Crippen LogP contribution in [0.4, 0.5) is 5.69 Å². The lowest BCUT2D eigenvalue weighted by atomic mass is 9.94. The Morgan fingerprint density at radius 3 is 2.71 bits per heavy atom. The van der Waals surface area contributed by atoms with E-state index in [0.29, 0.717) is 40.4 Å². The summed E-state index contributed by atoms with van der Waals surface area (Å²) in [5.41, 5.74) is 1.15. The summed E-state index contributed by atoms with van der Waals surface area (Å²) < 4.78 is 10.6. The molecule has 1 aliphatic carbocycles. The number of hydrogen-bond acceptors (Lipinski definition) is 7. The predicted octanol–water partition coefficient (Wildman–Crippen LogP) is 3.88. The molecule has 2 aromatic rings. The molecule has 4 rings (SSSR count). The van der Waals surface area contributed by atoms with Gasteiger partial charge < -0.3 is 24.6 Å². The number of likely N-dealkylation sites (N-methyl/N-ethyl adjacent to an activating group) is 2. The van der Waals surface area contributed by atoms with Gasteiger partial charge >= 0.3 is 0 Å². The van der Waals surface area contributed by atoms with Gasteiger partial charge in [0.05, 0.1) is 11.3 Å². The van der Waals surface area contributed by atoms with E-state index in [1.165, 1.54) is 43.9 Å². The minimum atomic E-state index is -0.185. The second kappa shape index (κ2) is 11.6. The number of pyridine rings is 1. The summed E-state index contributed by atoms with van der Waals surface area (Å²) in [7, 11) is 3.98. The molecule has 0 atom stereocenters. The van der Waals surface area contributed by atoms with E-state index >= 15 is 0 Å². The molecule has 0 radical (unpaired) electrons. The van der Waals surface area contributed by atoms with Gasteiger partial charge in [0.15, 0.2) is 11.5 Å². The van der Waals surface area contributed by atoms with E-state index in [0.717, 1.165) is 6.54 Å². The van der Waals surface area contributed by atoms with Crippen LogP contribution in [0, 0.1) is 0 Å². The lowest BCUT2D eigenvalue weighted by Crippen LogP contribution is -2.40. The van der Waals surface area contributed by atoms with Crippen LogP contribution in [0.3, 0.4) is 0 Å². The third-order valence-corrected chi connectivity index (χ3v) is 7.34. The Bertz CT molecular complexity index is 1010. The quantitative estimate of drug-likeness (QED) is 0.541. The van der Waals surface area contributed by atoms with Gasteiger partial charge in [-0.05, 0) is 44.2 Å². The van der Waals surface area contributed by atoms with E-state index in [2.05, 4.69) is 22.2 Å². The highest BCUT2D eigenvalue weighted by atomic mass is 32.2. The minimum Gasteiger partial charge on any atom is -0.454 e. The van der Waals surface area contributed by atoms with E-state index < -0.39 is 0 Å². The number of rotatable bonds is 9. The number of hydrogen-bond donors (Lipinski definition) is 1. The highest BCUT2D eigenvalue weighted by molar-refractivity contribution is 8.00. The largest absolute Gasteiger partial charge is 0.454 e. The second-order valence-corrected chi connectivity index (χ2v) is 9.72. The molecule has 2 amide bonds. The number of carbonyl (C=O) groups excluding carboxylic acids is 2. The summed E-state index contributed by atoms with van der Waals surface area (Å²) in [5.74, 6) is 1.15. The first-order valence-electron chi connectivity index (χ1n) is 11.7. The third-order valence-electron chi connectivity index (χ3n) is 6.33. The normalized spacial score (nSPS) is 15.4. The van der Waals surface area contributed by atoms with Gasteiger partial charge in [-0.2, -0.15) is 0 Å². The Morgan fingerprint density at radius 1 is 1.09 bits per heavy atom. The molecule has 2 aliphatic rings. The van der Waals surface area contributed by atoms with Crippen molar-refractivity contribution in [3.05, 3.63) is 42.1 Å². The molecule has 1 aliphatic heterocycles. The highest BCUT2D eigenvalue weighted by Crippen LogP contribution is 2.34. The van der Waals surface area contributed by atoms with Crippen LogP contribution in [0.15, 0.2) is 41.6 Å². The summed E-state index contributed by atoms with van der Waals surface area (Å²) >= 11 is 1.26. The van der Waals surface area contributed by atoms with Gasteiger partial charge in [-0.25, -0.2) is 4.98 Å². The Balaban J connectivity index is 1.29. The van der Waals surface area contributed by atoms with Gasteiger partial charge in [-0.3, -0.25) is 9.59 Å². The lowest BCUT2D eigenvalue weighted by molar-refractivity contribution is -0.113. The Kier molecular flexibility index (Phi) is 8.29. The number of carbonyl (C=O) groups is 2. The van der Waals surface area contributed by atoms with Crippen molar-refractivity contribution >= 4 is 29.3 Å². The predicted molar refractivity (Wildman–Crippen MR) is 133 cm³/mol. The Hall–Kier alpha value is -2.78. The van der Waals surface area contributed by atoms with Crippen LogP contribution in [0.2, 0.25) is 0 Å². The fraction of sp³-hybridized carbons (Fsp3) is 0.480. The fourth-order valence-corrected chi connectivity index (χ4v) is 5.08. The Morgan fingerprint density at radius 2 is 1.88 bits per heavy atom. The molecule has 34 heavy (non-hydrogen) atoms. The number of fused-ring (bicyclic) bond motifs is 1. The second-order valence-electron chi connectivity index (χ2n) is 8.76. The molecular formula is C25H32N4O4S. The van der Waals surface area contributed by atoms with E-state index in [1.807, 2.05) is 7.05 Å². The van der Waals surface area contributed by atoms with Crippen molar-refractivity contribution in [3.63, 3.8) is 0 Å². The van der Waals surface area contributed by atoms with Crippen molar-refractivity contribution in [2.75, 3.05) is 45.0 Å². The fourth-order valence-electron chi connectivity index (χ4n) is 4.29. The maximum atomic E-state index is 13.1. The zero-order valence-electron chi connectivity index (χ0n) is 19.8. The number of thioether (sulfide) groups is 1. The molecule has 1 N–H and O–H groups in total. The van der Waals surface area contributed by atoms with Crippen molar-refractivity contribution in [1.82, 2.24) is 14.8 Å². The van der Waals surface area contributed by atoms with Gasteiger partial charge in [-0.1, -0.05) is 31.0 Å². The number of anilines is 1. The average Bonchev–Trinajstić information content (AvgIpc) is 3.34. The molecule has 1 aromatic carbocycles. The summed E-state index contributed by atoms with van der Waals surface area (Å²) in [6, 6.07) is 9.42. The van der Waals surface area contributed by atoms with Gasteiger partial charge in [-0.15, -0.1) is 0 Å². The molecule has 9 heteroatoms. The van der Waals surface area contributed by atoms with Crippen LogP contribution in [0.5, 0.6) is 11.5 Å². The summed E-state index contributed by atoms with van der Waals surface area (Å²) in [6.07, 6.45) is 8.05. The highest BCUT2D eigenvalue weighted by Gasteiger charge is 2.21. The third kappa shape index (κ3) is 6.21. The number of nitrogens with one attached hydrogen (secondary N) is 1. The Labute approximate surface area is 205 Å². The minimum absolute atomic E-state index is 0.0798. The van der Waals surface area contributed by atoms with E-state index in [1.54, 1.807) is 41.4 Å². The molecule has 0 spiro atoms. The van der Waals surface area contributed by atoms with Crippen molar-refractivity contribution in [3.8, 4) is 11.5 Å². The number of aromatic nitrogens is 1. The topological polar surface area (TPSA) is 84.0 Å². The first-order chi connectivity index (χ1) is 16.5. The molecule has 8 nitrogen and oxygen atoms in total. The molecule has 1 aromatic heterocycles. The van der Waals surface area contributed by atoms with Gasteiger partial charge in [0.1, 0.15) is 5.03 Å². The number of ether oxygens (including phenoxy) is 2. The molecule has 2 heterocycles. The average molecular weight is 485 g/mol. The molecular weight excluding hydrogens is 452 g/mol. The van der Waals surface area contributed by atoms with E-state index in [-0.39, 0.29) is 24.4 Å². The van der Waals surface area contributed by atoms with Crippen molar-refractivity contribution < 1.29 is 19.1 Å². The van der Waals surface area contributed by atoms with Crippen LogP contribution in [0.1, 0.15) is 42.5 Å². The van der Waals surface area contributed by atoms with Crippen LogP contribution >= 0.6 is 11.8 Å². The SMILES string of the molecule is CN(CCN(C)C1CCCCC1)C(=O)c1cccnc1SCC(=O)Nc1ccc2c(c1)OCO2. The summed E-state index contributed by atoms with van der Waals surface area (Å²) in [4.78, 5) is 34.1. The lowest BCUT2D eigenvalue weighted by Gasteiger charge is -2.32. The van der Waals surface area contributed by atoms with Gasteiger partial charge in [0.25, 0.3) is 5.91 Å². The number of amides is 2. The van der Waals surface area contributed by atoms with Crippen molar-refractivity contribution in [2.24, 2.45) is 0 Å². The van der Waals surface area contributed by atoms with E-state index in [9.17, 15) is 9.59 Å². The molecule has 0 bridgehead atoms. The summed E-state index contributed by atoms with van der Waals surface area (Å²) in [6.45, 7) is 1.67. The molecule has 1 fully saturated rings. The summed E-state index contributed by atoms with van der Waals surface area (Å²) in [5, 5.41) is 3.41. The zero-order valence-corrected chi connectivity index (χ0v) is 20.6. The number of nitrogens with zero attached hydrogens (tertiary/aromatic N) is 3. The van der Waals surface area contributed by atoms with Crippen molar-refractivity contribution in [1.29, 1.82) is 0 Å². The molecule has 0 saturated heterocycles.